The molecule has 0 atom stereocenters. The van der Waals surface area contributed by atoms with Gasteiger partial charge in [0.25, 0.3) is 11.8 Å². The van der Waals surface area contributed by atoms with E-state index in [1.165, 1.54) is 24.3 Å². The van der Waals surface area contributed by atoms with Crippen molar-refractivity contribution >= 4 is 17.8 Å². The summed E-state index contributed by atoms with van der Waals surface area (Å²) in [5.41, 5.74) is 0.754. The van der Waals surface area contributed by atoms with Crippen LogP contribution < -0.4 is 10.6 Å². The molecule has 0 radical (unpaired) electrons. The fraction of sp³-hybridized carbons (Fsp3) is 0.400. The maximum absolute atomic E-state index is 11.9. The average Bonchev–Trinajstić information content (AvgIpc) is 2.41. The molecule has 0 unspecified atom stereocenters. The summed E-state index contributed by atoms with van der Waals surface area (Å²) in [5, 5.41) is 13.5. The fourth-order valence-corrected chi connectivity index (χ4v) is 1.48. The molecule has 3 N–H and O–H groups in total. The Balaban J connectivity index is 2.63. The molecule has 1 aromatic rings. The Morgan fingerprint density at radius 3 is 1.76 bits per heavy atom. The monoisotopic (exact) mass is 292 g/mol. The van der Waals surface area contributed by atoms with Crippen molar-refractivity contribution in [3.63, 3.8) is 0 Å². The summed E-state index contributed by atoms with van der Waals surface area (Å²) >= 11 is 0. The van der Waals surface area contributed by atoms with Crippen molar-refractivity contribution < 1.29 is 19.5 Å². The van der Waals surface area contributed by atoms with Gasteiger partial charge in [0.2, 0.25) is 0 Å². The minimum Gasteiger partial charge on any atom is -0.480 e. The minimum atomic E-state index is -1.11. The molecule has 0 aliphatic rings. The molecule has 0 spiro atoms. The van der Waals surface area contributed by atoms with Gasteiger partial charge in [-0.05, 0) is 29.7 Å². The van der Waals surface area contributed by atoms with E-state index in [9.17, 15) is 14.4 Å². The molecule has 0 bridgehead atoms. The number of hydrogen-bond donors (Lipinski definition) is 3. The lowest BCUT2D eigenvalue weighted by molar-refractivity contribution is -0.135. The van der Waals surface area contributed by atoms with Crippen LogP contribution in [0.5, 0.6) is 0 Å². The number of carbonyl (C=O) groups is 3. The van der Waals surface area contributed by atoms with Gasteiger partial charge < -0.3 is 15.7 Å². The van der Waals surface area contributed by atoms with Crippen LogP contribution in [0.4, 0.5) is 0 Å². The maximum atomic E-state index is 11.9. The van der Waals surface area contributed by atoms with Gasteiger partial charge in [0, 0.05) is 17.7 Å². The number of nitrogens with one attached hydrogen (secondary N) is 2. The summed E-state index contributed by atoms with van der Waals surface area (Å²) in [6.45, 7) is 6.16. The van der Waals surface area contributed by atoms with E-state index in [1.807, 2.05) is 20.8 Å². The highest BCUT2D eigenvalue weighted by atomic mass is 16.4. The summed E-state index contributed by atoms with van der Waals surface area (Å²) in [5.74, 6) is -1.80. The van der Waals surface area contributed by atoms with Gasteiger partial charge in [-0.15, -0.1) is 0 Å². The summed E-state index contributed by atoms with van der Waals surface area (Å²) in [4.78, 5) is 33.9. The molecule has 21 heavy (non-hydrogen) atoms. The lowest BCUT2D eigenvalue weighted by Gasteiger charge is -2.18. The van der Waals surface area contributed by atoms with E-state index < -0.39 is 18.4 Å². The number of carbonyl (C=O) groups excluding carboxylic acids is 2. The number of aliphatic carboxylic acids is 1. The molecular weight excluding hydrogens is 272 g/mol. The second-order valence-corrected chi connectivity index (χ2v) is 5.90. The molecule has 0 heterocycles. The van der Waals surface area contributed by atoms with Crippen LogP contribution in [0.1, 0.15) is 41.5 Å². The van der Waals surface area contributed by atoms with Crippen LogP contribution in [0.3, 0.4) is 0 Å². The van der Waals surface area contributed by atoms with E-state index in [4.69, 9.17) is 5.11 Å². The van der Waals surface area contributed by atoms with Gasteiger partial charge in [-0.1, -0.05) is 20.8 Å². The molecule has 6 nitrogen and oxygen atoms in total. The van der Waals surface area contributed by atoms with E-state index in [2.05, 4.69) is 10.6 Å². The first-order chi connectivity index (χ1) is 9.69. The van der Waals surface area contributed by atoms with Crippen molar-refractivity contribution in [2.24, 2.45) is 5.41 Å². The Kier molecular flexibility index (Phi) is 5.46. The van der Waals surface area contributed by atoms with Crippen LogP contribution in [-0.4, -0.2) is 36.0 Å². The minimum absolute atomic E-state index is 0.00762. The quantitative estimate of drug-likeness (QED) is 0.761. The van der Waals surface area contributed by atoms with Crippen LogP contribution in [0.15, 0.2) is 24.3 Å². The van der Waals surface area contributed by atoms with Gasteiger partial charge in [0.1, 0.15) is 6.54 Å². The van der Waals surface area contributed by atoms with Crippen LogP contribution in [0, 0.1) is 5.41 Å². The van der Waals surface area contributed by atoms with E-state index in [0.717, 1.165) is 0 Å². The van der Waals surface area contributed by atoms with Crippen molar-refractivity contribution in [2.75, 3.05) is 13.1 Å². The first-order valence-electron chi connectivity index (χ1n) is 6.57. The van der Waals surface area contributed by atoms with E-state index in [1.54, 1.807) is 0 Å². The Morgan fingerprint density at radius 2 is 1.38 bits per heavy atom. The average molecular weight is 292 g/mol. The smallest absolute Gasteiger partial charge is 0.322 e. The molecule has 0 saturated carbocycles. The molecule has 0 fully saturated rings. The van der Waals surface area contributed by atoms with Crippen LogP contribution >= 0.6 is 0 Å². The second-order valence-electron chi connectivity index (χ2n) is 5.90. The molecule has 0 aliphatic carbocycles. The van der Waals surface area contributed by atoms with Crippen LogP contribution in [0.2, 0.25) is 0 Å². The SMILES string of the molecule is CC(C)(C)CNC(=O)c1ccc(C(=O)NCC(=O)O)cc1. The Labute approximate surface area is 123 Å². The van der Waals surface area contributed by atoms with Crippen molar-refractivity contribution in [1.29, 1.82) is 0 Å². The first kappa shape index (κ1) is 16.7. The number of amides is 2. The van der Waals surface area contributed by atoms with E-state index in [-0.39, 0.29) is 11.3 Å². The number of benzene rings is 1. The van der Waals surface area contributed by atoms with Gasteiger partial charge >= 0.3 is 5.97 Å². The number of carboxylic acid groups (broad SMARTS) is 1. The van der Waals surface area contributed by atoms with Crippen LogP contribution in [0.25, 0.3) is 0 Å². The molecule has 0 saturated heterocycles. The molecular formula is C15H20N2O4. The number of carboxylic acids is 1. The zero-order valence-corrected chi connectivity index (χ0v) is 12.4. The second kappa shape index (κ2) is 6.88. The number of rotatable bonds is 5. The summed E-state index contributed by atoms with van der Waals surface area (Å²) in [7, 11) is 0. The van der Waals surface area contributed by atoms with Gasteiger partial charge in [0.05, 0.1) is 0 Å². The zero-order valence-electron chi connectivity index (χ0n) is 12.4. The molecule has 0 aromatic heterocycles. The topological polar surface area (TPSA) is 95.5 Å². The molecule has 1 aromatic carbocycles. The fourth-order valence-electron chi connectivity index (χ4n) is 1.48. The van der Waals surface area contributed by atoms with Gasteiger partial charge in [0.15, 0.2) is 0 Å². The predicted octanol–water partition coefficient (Wildman–Crippen LogP) is 1.28. The maximum Gasteiger partial charge on any atom is 0.322 e. The standard InChI is InChI=1S/C15H20N2O4/c1-15(2,3)9-17-14(21)11-6-4-10(5-7-11)13(20)16-8-12(18)19/h4-7H,8-9H2,1-3H3,(H,16,20)(H,17,21)(H,18,19). The summed E-state index contributed by atoms with van der Waals surface area (Å²) in [6.07, 6.45) is 0. The van der Waals surface area contributed by atoms with Crippen molar-refractivity contribution in [3.05, 3.63) is 35.4 Å². The Hall–Kier alpha value is -2.37. The third-order valence-electron chi connectivity index (χ3n) is 2.59. The molecule has 0 aliphatic heterocycles. The normalized spacial score (nSPS) is 10.8. The molecule has 114 valence electrons. The third-order valence-corrected chi connectivity index (χ3v) is 2.59. The Bertz CT molecular complexity index is 530. The first-order valence-corrected chi connectivity index (χ1v) is 6.57. The van der Waals surface area contributed by atoms with Crippen molar-refractivity contribution in [3.8, 4) is 0 Å². The van der Waals surface area contributed by atoms with Crippen molar-refractivity contribution in [2.45, 2.75) is 20.8 Å². The van der Waals surface area contributed by atoms with Crippen LogP contribution in [-0.2, 0) is 4.79 Å². The molecule has 2 amide bonds. The van der Waals surface area contributed by atoms with E-state index in [0.29, 0.717) is 17.7 Å². The highest BCUT2D eigenvalue weighted by Gasteiger charge is 2.13. The molecule has 6 heteroatoms. The van der Waals surface area contributed by atoms with E-state index >= 15 is 0 Å². The highest BCUT2D eigenvalue weighted by molar-refractivity contribution is 5.98. The largest absolute Gasteiger partial charge is 0.480 e. The summed E-state index contributed by atoms with van der Waals surface area (Å²) in [6, 6.07) is 6.05. The zero-order chi connectivity index (χ0) is 16.0. The molecule has 1 rings (SSSR count). The Morgan fingerprint density at radius 1 is 0.952 bits per heavy atom. The van der Waals surface area contributed by atoms with Gasteiger partial charge in [-0.3, -0.25) is 14.4 Å². The van der Waals surface area contributed by atoms with Gasteiger partial charge in [-0.25, -0.2) is 0 Å². The van der Waals surface area contributed by atoms with Gasteiger partial charge in [-0.2, -0.15) is 0 Å². The van der Waals surface area contributed by atoms with Crippen molar-refractivity contribution in [1.82, 2.24) is 10.6 Å². The highest BCUT2D eigenvalue weighted by Crippen LogP contribution is 2.11. The lowest BCUT2D eigenvalue weighted by atomic mass is 9.97. The summed E-state index contributed by atoms with van der Waals surface area (Å²) < 4.78 is 0. The predicted molar refractivity (Wildman–Crippen MR) is 78.2 cm³/mol. The lowest BCUT2D eigenvalue weighted by Crippen LogP contribution is -2.32. The number of hydrogen-bond acceptors (Lipinski definition) is 3. The third kappa shape index (κ3) is 6.07.